The van der Waals surface area contributed by atoms with Crippen LogP contribution in [0, 0.1) is 10.1 Å². The molecule has 0 fully saturated rings. The number of benzene rings is 1. The standard InChI is InChI=1S/C10H10Cl2N2O3/c1-2-3-13-10(15)7-4-6(14(16)17)5-8(11)9(7)12/h4-5H,2-3H2,1H3,(H,13,15). The number of hydrogen-bond acceptors (Lipinski definition) is 3. The number of halogens is 2. The molecule has 0 saturated carbocycles. The Bertz CT molecular complexity index is 463. The van der Waals surface area contributed by atoms with Crippen molar-refractivity contribution >= 4 is 34.8 Å². The molecule has 17 heavy (non-hydrogen) atoms. The van der Waals surface area contributed by atoms with Crippen LogP contribution >= 0.6 is 23.2 Å². The number of carbonyl (C=O) groups is 1. The van der Waals surface area contributed by atoms with Crippen LogP contribution in [0.5, 0.6) is 0 Å². The molecule has 0 aliphatic heterocycles. The summed E-state index contributed by atoms with van der Waals surface area (Å²) in [5.41, 5.74) is -0.250. The van der Waals surface area contributed by atoms with Crippen molar-refractivity contribution in [3.05, 3.63) is 37.9 Å². The summed E-state index contributed by atoms with van der Waals surface area (Å²) in [6, 6.07) is 2.22. The van der Waals surface area contributed by atoms with Crippen molar-refractivity contribution < 1.29 is 9.72 Å². The molecule has 92 valence electrons. The Morgan fingerprint density at radius 2 is 2.12 bits per heavy atom. The molecule has 7 heteroatoms. The van der Waals surface area contributed by atoms with Gasteiger partial charge in [0.1, 0.15) is 0 Å². The summed E-state index contributed by atoms with van der Waals surface area (Å²) >= 11 is 11.6. The molecule has 0 radical (unpaired) electrons. The van der Waals surface area contributed by atoms with E-state index in [9.17, 15) is 14.9 Å². The first kappa shape index (κ1) is 13.7. The number of nitrogens with zero attached hydrogens (tertiary/aromatic N) is 1. The molecule has 0 aliphatic rings. The van der Waals surface area contributed by atoms with E-state index in [2.05, 4.69) is 5.32 Å². The van der Waals surface area contributed by atoms with E-state index < -0.39 is 10.8 Å². The first-order valence-corrected chi connectivity index (χ1v) is 5.64. The number of nitro groups is 1. The van der Waals surface area contributed by atoms with Gasteiger partial charge in [-0.1, -0.05) is 30.1 Å². The Kier molecular flexibility index (Phi) is 4.72. The minimum atomic E-state index is -0.626. The fourth-order valence-corrected chi connectivity index (χ4v) is 1.59. The Labute approximate surface area is 108 Å². The van der Waals surface area contributed by atoms with Gasteiger partial charge in [-0.25, -0.2) is 0 Å². The minimum absolute atomic E-state index is 0.0116. The monoisotopic (exact) mass is 276 g/mol. The van der Waals surface area contributed by atoms with Crippen LogP contribution in [0.3, 0.4) is 0 Å². The van der Waals surface area contributed by atoms with E-state index >= 15 is 0 Å². The highest BCUT2D eigenvalue weighted by molar-refractivity contribution is 6.44. The summed E-state index contributed by atoms with van der Waals surface area (Å²) in [4.78, 5) is 21.7. The van der Waals surface area contributed by atoms with E-state index in [1.807, 2.05) is 6.92 Å². The first-order valence-electron chi connectivity index (χ1n) is 4.89. The van der Waals surface area contributed by atoms with Crippen LogP contribution < -0.4 is 5.32 Å². The van der Waals surface area contributed by atoms with Gasteiger partial charge in [0.25, 0.3) is 11.6 Å². The lowest BCUT2D eigenvalue weighted by molar-refractivity contribution is -0.384. The van der Waals surface area contributed by atoms with E-state index in [0.29, 0.717) is 6.54 Å². The molecule has 0 saturated heterocycles. The SMILES string of the molecule is CCCNC(=O)c1cc([N+](=O)[O-])cc(Cl)c1Cl. The minimum Gasteiger partial charge on any atom is -0.352 e. The fraction of sp³-hybridized carbons (Fsp3) is 0.300. The van der Waals surface area contributed by atoms with Gasteiger partial charge in [0, 0.05) is 18.7 Å². The van der Waals surface area contributed by atoms with Crippen LogP contribution in [-0.2, 0) is 0 Å². The molecule has 0 spiro atoms. The first-order chi connectivity index (χ1) is 7.97. The zero-order valence-electron chi connectivity index (χ0n) is 9.00. The maximum absolute atomic E-state index is 11.7. The number of nitrogens with one attached hydrogen (secondary N) is 1. The second-order valence-corrected chi connectivity index (χ2v) is 4.09. The maximum atomic E-state index is 11.7. The summed E-state index contributed by atoms with van der Waals surface area (Å²) in [6.45, 7) is 2.36. The van der Waals surface area contributed by atoms with E-state index in [1.54, 1.807) is 0 Å². The molecular weight excluding hydrogens is 267 g/mol. The molecule has 5 nitrogen and oxygen atoms in total. The van der Waals surface area contributed by atoms with Crippen LogP contribution in [0.1, 0.15) is 23.7 Å². The van der Waals surface area contributed by atoms with Gasteiger partial charge in [-0.3, -0.25) is 14.9 Å². The average Bonchev–Trinajstić information content (AvgIpc) is 2.29. The number of non-ortho nitro benzene ring substituents is 1. The van der Waals surface area contributed by atoms with Crippen molar-refractivity contribution in [1.29, 1.82) is 0 Å². The molecule has 1 aromatic carbocycles. The Hall–Kier alpha value is -1.33. The molecular formula is C10H10Cl2N2O3. The van der Waals surface area contributed by atoms with Gasteiger partial charge in [-0.05, 0) is 6.42 Å². The number of hydrogen-bond donors (Lipinski definition) is 1. The smallest absolute Gasteiger partial charge is 0.271 e. The number of carbonyl (C=O) groups excluding carboxylic acids is 1. The van der Waals surface area contributed by atoms with Crippen molar-refractivity contribution in [3.63, 3.8) is 0 Å². The molecule has 0 heterocycles. The third-order valence-corrected chi connectivity index (χ3v) is 2.81. The molecule has 1 rings (SSSR count). The Morgan fingerprint density at radius 3 is 2.65 bits per heavy atom. The van der Waals surface area contributed by atoms with Gasteiger partial charge in [0.05, 0.1) is 20.5 Å². The molecule has 0 bridgehead atoms. The van der Waals surface area contributed by atoms with E-state index in [1.165, 1.54) is 0 Å². The van der Waals surface area contributed by atoms with Crippen LogP contribution in [0.15, 0.2) is 12.1 Å². The molecule has 1 amide bonds. The lowest BCUT2D eigenvalue weighted by Gasteiger charge is -2.06. The van der Waals surface area contributed by atoms with E-state index in [4.69, 9.17) is 23.2 Å². The van der Waals surface area contributed by atoms with Gasteiger partial charge in [-0.15, -0.1) is 0 Å². The molecule has 0 unspecified atom stereocenters. The zero-order chi connectivity index (χ0) is 13.0. The highest BCUT2D eigenvalue weighted by atomic mass is 35.5. The van der Waals surface area contributed by atoms with Gasteiger partial charge >= 0.3 is 0 Å². The summed E-state index contributed by atoms with van der Waals surface area (Å²) in [5, 5.41) is 13.2. The number of nitro benzene ring substituents is 1. The summed E-state index contributed by atoms with van der Waals surface area (Å²) in [7, 11) is 0. The van der Waals surface area contributed by atoms with Crippen LogP contribution in [-0.4, -0.2) is 17.4 Å². The summed E-state index contributed by atoms with van der Waals surface area (Å²) < 4.78 is 0. The van der Waals surface area contributed by atoms with Crippen molar-refractivity contribution in [2.45, 2.75) is 13.3 Å². The van der Waals surface area contributed by atoms with Crippen molar-refractivity contribution in [2.75, 3.05) is 6.54 Å². The number of amides is 1. The second kappa shape index (κ2) is 5.84. The van der Waals surface area contributed by atoms with Crippen LogP contribution in [0.25, 0.3) is 0 Å². The molecule has 0 atom stereocenters. The van der Waals surface area contributed by atoms with Gasteiger partial charge in [0.2, 0.25) is 0 Å². The van der Waals surface area contributed by atoms with Gasteiger partial charge in [0.15, 0.2) is 0 Å². The van der Waals surface area contributed by atoms with E-state index in [0.717, 1.165) is 18.6 Å². The van der Waals surface area contributed by atoms with Crippen LogP contribution in [0.4, 0.5) is 5.69 Å². The highest BCUT2D eigenvalue weighted by Gasteiger charge is 2.18. The third kappa shape index (κ3) is 3.31. The summed E-state index contributed by atoms with van der Waals surface area (Å²) in [5.74, 6) is -0.470. The summed E-state index contributed by atoms with van der Waals surface area (Å²) in [6.07, 6.45) is 0.756. The zero-order valence-corrected chi connectivity index (χ0v) is 10.5. The average molecular weight is 277 g/mol. The van der Waals surface area contributed by atoms with Crippen molar-refractivity contribution in [3.8, 4) is 0 Å². The maximum Gasteiger partial charge on any atom is 0.271 e. The Balaban J connectivity index is 3.13. The van der Waals surface area contributed by atoms with Gasteiger partial charge in [-0.2, -0.15) is 0 Å². The quantitative estimate of drug-likeness (QED) is 0.679. The third-order valence-electron chi connectivity index (χ3n) is 2.00. The molecule has 0 aliphatic carbocycles. The molecule has 1 N–H and O–H groups in total. The molecule has 1 aromatic rings. The lowest BCUT2D eigenvalue weighted by atomic mass is 10.2. The fourth-order valence-electron chi connectivity index (χ4n) is 1.18. The predicted octanol–water partition coefficient (Wildman–Crippen LogP) is 3.04. The molecule has 0 aromatic heterocycles. The largest absolute Gasteiger partial charge is 0.352 e. The van der Waals surface area contributed by atoms with E-state index in [-0.39, 0.29) is 21.3 Å². The second-order valence-electron chi connectivity index (χ2n) is 3.30. The van der Waals surface area contributed by atoms with Crippen molar-refractivity contribution in [2.24, 2.45) is 0 Å². The highest BCUT2D eigenvalue weighted by Crippen LogP contribution is 2.30. The topological polar surface area (TPSA) is 72.2 Å². The lowest BCUT2D eigenvalue weighted by Crippen LogP contribution is -2.24. The predicted molar refractivity (Wildman–Crippen MR) is 65.7 cm³/mol. The van der Waals surface area contributed by atoms with Gasteiger partial charge < -0.3 is 5.32 Å². The van der Waals surface area contributed by atoms with Crippen LogP contribution in [0.2, 0.25) is 10.0 Å². The normalized spacial score (nSPS) is 10.1. The Morgan fingerprint density at radius 1 is 1.47 bits per heavy atom. The number of rotatable bonds is 4. The van der Waals surface area contributed by atoms with Crippen molar-refractivity contribution in [1.82, 2.24) is 5.32 Å².